The third-order valence-corrected chi connectivity index (χ3v) is 4.14. The highest BCUT2D eigenvalue weighted by molar-refractivity contribution is 7.54. The lowest BCUT2D eigenvalue weighted by Crippen LogP contribution is -2.12. The Hall–Kier alpha value is -0.380. The van der Waals surface area contributed by atoms with Crippen LogP contribution in [0.2, 0.25) is 0 Å². The summed E-state index contributed by atoms with van der Waals surface area (Å²) in [5, 5.41) is 0. The minimum atomic E-state index is -3.25. The van der Waals surface area contributed by atoms with Crippen molar-refractivity contribution >= 4 is 13.6 Å². The quantitative estimate of drug-likeness (QED) is 0.525. The molecular weight excluding hydrogens is 207 g/mol. The van der Waals surface area contributed by atoms with Crippen LogP contribution in [0.5, 0.6) is 0 Å². The van der Waals surface area contributed by atoms with Gasteiger partial charge in [-0.25, -0.2) is 0 Å². The van der Waals surface area contributed by atoms with Gasteiger partial charge in [0.25, 0.3) is 0 Å². The Morgan fingerprint density at radius 2 is 2.00 bits per heavy atom. The largest absolute Gasteiger partial charge is 0.449 e. The zero-order valence-electron chi connectivity index (χ0n) is 8.39. The summed E-state index contributed by atoms with van der Waals surface area (Å²) in [6.07, 6.45) is 0.699. The van der Waals surface area contributed by atoms with Gasteiger partial charge in [-0.2, -0.15) is 0 Å². The highest BCUT2D eigenvalue weighted by Gasteiger charge is 2.42. The van der Waals surface area contributed by atoms with Crippen LogP contribution in [0.25, 0.3) is 0 Å². The van der Waals surface area contributed by atoms with Gasteiger partial charge in [-0.05, 0) is 13.8 Å². The third kappa shape index (κ3) is 2.56. The summed E-state index contributed by atoms with van der Waals surface area (Å²) in [6, 6.07) is 0. The van der Waals surface area contributed by atoms with Crippen LogP contribution in [0.4, 0.5) is 0 Å². The van der Waals surface area contributed by atoms with Crippen LogP contribution in [-0.4, -0.2) is 25.0 Å². The Labute approximate surface area is 83.3 Å². The first-order valence-electron chi connectivity index (χ1n) is 4.70. The number of carbonyl (C=O) groups is 1. The van der Waals surface area contributed by atoms with Crippen molar-refractivity contribution in [2.24, 2.45) is 0 Å². The van der Waals surface area contributed by atoms with Gasteiger partial charge in [0.2, 0.25) is 5.85 Å². The van der Waals surface area contributed by atoms with E-state index in [1.165, 1.54) is 0 Å². The van der Waals surface area contributed by atoms with Gasteiger partial charge in [-0.15, -0.1) is 0 Å². The molecule has 14 heavy (non-hydrogen) atoms. The predicted molar refractivity (Wildman–Crippen MR) is 50.0 cm³/mol. The third-order valence-electron chi connectivity index (χ3n) is 1.83. The minimum absolute atomic E-state index is 0.283. The molecule has 0 aliphatic carbocycles. The summed E-state index contributed by atoms with van der Waals surface area (Å²) in [7, 11) is -3.25. The molecule has 1 rings (SSSR count). The topological polar surface area (TPSA) is 61.8 Å². The van der Waals surface area contributed by atoms with Crippen LogP contribution >= 0.6 is 7.60 Å². The van der Waals surface area contributed by atoms with E-state index >= 15 is 0 Å². The summed E-state index contributed by atoms with van der Waals surface area (Å²) >= 11 is 0. The average molecular weight is 222 g/mol. The van der Waals surface area contributed by atoms with Gasteiger partial charge >= 0.3 is 13.6 Å². The van der Waals surface area contributed by atoms with E-state index in [4.69, 9.17) is 13.8 Å². The van der Waals surface area contributed by atoms with Gasteiger partial charge in [0.15, 0.2) is 0 Å². The SMILES string of the molecule is CCOP(=O)(OCC)[C@H]1CCC(=O)O1. The molecular formula is C8H15O5P. The molecule has 0 aromatic carbocycles. The van der Waals surface area contributed by atoms with Gasteiger partial charge < -0.3 is 13.8 Å². The molecule has 1 saturated heterocycles. The zero-order valence-corrected chi connectivity index (χ0v) is 9.29. The van der Waals surface area contributed by atoms with Crippen LogP contribution in [0.3, 0.4) is 0 Å². The zero-order chi connectivity index (χ0) is 10.6. The molecule has 1 atom stereocenters. The maximum Gasteiger partial charge on any atom is 0.370 e. The van der Waals surface area contributed by atoms with Crippen molar-refractivity contribution in [3.05, 3.63) is 0 Å². The fourth-order valence-electron chi connectivity index (χ4n) is 1.30. The van der Waals surface area contributed by atoms with Crippen LogP contribution in [0, 0.1) is 0 Å². The van der Waals surface area contributed by atoms with Gasteiger partial charge in [0.1, 0.15) is 0 Å². The average Bonchev–Trinajstić information content (AvgIpc) is 2.53. The fraction of sp³-hybridized carbons (Fsp3) is 0.875. The molecule has 0 amide bonds. The molecule has 1 aliphatic rings. The summed E-state index contributed by atoms with van der Waals surface area (Å²) in [5.74, 6) is -1.05. The van der Waals surface area contributed by atoms with E-state index in [2.05, 4.69) is 0 Å². The molecule has 0 N–H and O–H groups in total. The summed E-state index contributed by atoms with van der Waals surface area (Å²) in [4.78, 5) is 10.9. The Kier molecular flexibility index (Phi) is 4.11. The normalized spacial score (nSPS) is 22.4. The van der Waals surface area contributed by atoms with Crippen molar-refractivity contribution in [2.45, 2.75) is 32.5 Å². The first-order valence-corrected chi connectivity index (χ1v) is 6.32. The van der Waals surface area contributed by atoms with Crippen molar-refractivity contribution in [3.63, 3.8) is 0 Å². The van der Waals surface area contributed by atoms with Crippen molar-refractivity contribution < 1.29 is 23.1 Å². The molecule has 0 spiro atoms. The molecule has 5 nitrogen and oxygen atoms in total. The Balaban J connectivity index is 2.66. The summed E-state index contributed by atoms with van der Waals surface area (Å²) in [5.41, 5.74) is 0. The molecule has 0 aromatic heterocycles. The van der Waals surface area contributed by atoms with Gasteiger partial charge in [0.05, 0.1) is 13.2 Å². The van der Waals surface area contributed by atoms with E-state index in [0.717, 1.165) is 0 Å². The highest BCUT2D eigenvalue weighted by Crippen LogP contribution is 2.56. The number of ether oxygens (including phenoxy) is 1. The molecule has 0 radical (unpaired) electrons. The number of esters is 1. The van der Waals surface area contributed by atoms with E-state index < -0.39 is 13.4 Å². The maximum absolute atomic E-state index is 12.0. The number of carbonyl (C=O) groups excluding carboxylic acids is 1. The maximum atomic E-state index is 12.0. The Morgan fingerprint density at radius 3 is 2.36 bits per heavy atom. The standard InChI is InChI=1S/C8H15O5P/c1-3-11-14(10,12-4-2)8-6-5-7(9)13-8/h8H,3-6H2,1-2H3/t8-/m0/s1. The molecule has 0 unspecified atom stereocenters. The Bertz CT molecular complexity index is 242. The van der Waals surface area contributed by atoms with Gasteiger partial charge in [-0.1, -0.05) is 0 Å². The second-order valence-corrected chi connectivity index (χ2v) is 5.03. The van der Waals surface area contributed by atoms with E-state index in [0.29, 0.717) is 6.42 Å². The van der Waals surface area contributed by atoms with E-state index in [-0.39, 0.29) is 25.6 Å². The van der Waals surface area contributed by atoms with Crippen molar-refractivity contribution in [1.82, 2.24) is 0 Å². The molecule has 0 aromatic rings. The van der Waals surface area contributed by atoms with Gasteiger partial charge in [-0.3, -0.25) is 9.36 Å². The summed E-state index contributed by atoms with van der Waals surface area (Å²) in [6.45, 7) is 4.02. The van der Waals surface area contributed by atoms with Crippen LogP contribution < -0.4 is 0 Å². The fourth-order valence-corrected chi connectivity index (χ4v) is 3.12. The molecule has 0 saturated carbocycles. The molecule has 82 valence electrons. The molecule has 1 fully saturated rings. The number of hydrogen-bond donors (Lipinski definition) is 0. The van der Waals surface area contributed by atoms with E-state index in [9.17, 15) is 9.36 Å². The van der Waals surface area contributed by atoms with Crippen molar-refractivity contribution in [2.75, 3.05) is 13.2 Å². The first kappa shape index (κ1) is 11.7. The second-order valence-electron chi connectivity index (χ2n) is 2.86. The molecule has 6 heteroatoms. The molecule has 1 aliphatic heterocycles. The van der Waals surface area contributed by atoms with Gasteiger partial charge in [0, 0.05) is 12.8 Å². The lowest BCUT2D eigenvalue weighted by Gasteiger charge is -2.21. The lowest BCUT2D eigenvalue weighted by molar-refractivity contribution is -0.139. The van der Waals surface area contributed by atoms with E-state index in [1.54, 1.807) is 13.8 Å². The Morgan fingerprint density at radius 1 is 1.43 bits per heavy atom. The van der Waals surface area contributed by atoms with Crippen LogP contribution in [0.15, 0.2) is 0 Å². The summed E-state index contributed by atoms with van der Waals surface area (Å²) < 4.78 is 27.0. The number of rotatable bonds is 5. The number of hydrogen-bond acceptors (Lipinski definition) is 5. The second kappa shape index (κ2) is 4.91. The highest BCUT2D eigenvalue weighted by atomic mass is 31.2. The molecule has 0 bridgehead atoms. The van der Waals surface area contributed by atoms with Crippen molar-refractivity contribution in [3.8, 4) is 0 Å². The van der Waals surface area contributed by atoms with E-state index in [1.807, 2.05) is 0 Å². The first-order chi connectivity index (χ1) is 6.62. The monoisotopic (exact) mass is 222 g/mol. The van der Waals surface area contributed by atoms with Crippen LogP contribution in [0.1, 0.15) is 26.7 Å². The smallest absolute Gasteiger partial charge is 0.370 e. The minimum Gasteiger partial charge on any atom is -0.449 e. The number of cyclic esters (lactones) is 1. The van der Waals surface area contributed by atoms with Crippen molar-refractivity contribution in [1.29, 1.82) is 0 Å². The van der Waals surface area contributed by atoms with Crippen LogP contribution in [-0.2, 0) is 23.1 Å². The molecule has 1 heterocycles. The lowest BCUT2D eigenvalue weighted by atomic mass is 10.4. The predicted octanol–water partition coefficient (Wildman–Crippen LogP) is 1.92.